The Morgan fingerprint density at radius 3 is 2.26 bits per heavy atom. The summed E-state index contributed by atoms with van der Waals surface area (Å²) in [5.74, 6) is 0.267. The van der Waals surface area contributed by atoms with Crippen LogP contribution in [-0.2, 0) is 23.7 Å². The van der Waals surface area contributed by atoms with Gasteiger partial charge in [-0.1, -0.05) is 54.6 Å². The fraction of sp³-hybridized carbons (Fsp3) is 0.286. The van der Waals surface area contributed by atoms with Crippen LogP contribution in [0.3, 0.4) is 0 Å². The molecule has 180 valence electrons. The van der Waals surface area contributed by atoms with Gasteiger partial charge in [-0.2, -0.15) is 13.2 Å². The van der Waals surface area contributed by atoms with E-state index in [9.17, 15) is 18.0 Å². The lowest BCUT2D eigenvalue weighted by atomic mass is 9.73. The molecule has 0 aliphatic heterocycles. The molecular formula is C28H26F3N3O. The summed E-state index contributed by atoms with van der Waals surface area (Å²) >= 11 is 0. The second kappa shape index (κ2) is 8.56. The minimum absolute atomic E-state index is 0.368. The maximum absolute atomic E-state index is 13.6. The topological polar surface area (TPSA) is 46.9 Å². The van der Waals surface area contributed by atoms with Crippen LogP contribution in [0.25, 0.3) is 22.2 Å². The van der Waals surface area contributed by atoms with Gasteiger partial charge in [0.2, 0.25) is 5.91 Å². The molecule has 0 bridgehead atoms. The van der Waals surface area contributed by atoms with Crippen molar-refractivity contribution >= 4 is 16.9 Å². The van der Waals surface area contributed by atoms with Crippen LogP contribution in [0.5, 0.6) is 0 Å². The highest BCUT2D eigenvalue weighted by Crippen LogP contribution is 2.51. The summed E-state index contributed by atoms with van der Waals surface area (Å²) < 4.78 is 41.2. The van der Waals surface area contributed by atoms with Crippen LogP contribution in [0.1, 0.15) is 35.4 Å². The lowest BCUT2D eigenvalue weighted by Gasteiger charge is -2.31. The molecule has 0 saturated heterocycles. The number of nitrogens with zero attached hydrogens (tertiary/aromatic N) is 2. The van der Waals surface area contributed by atoms with E-state index in [1.54, 1.807) is 0 Å². The average Bonchev–Trinajstić information content (AvgIpc) is 3.30. The van der Waals surface area contributed by atoms with E-state index in [1.165, 1.54) is 0 Å². The van der Waals surface area contributed by atoms with Crippen LogP contribution in [0.2, 0.25) is 0 Å². The van der Waals surface area contributed by atoms with Gasteiger partial charge in [-0.25, -0.2) is 4.98 Å². The lowest BCUT2D eigenvalue weighted by Crippen LogP contribution is -2.47. The van der Waals surface area contributed by atoms with E-state index in [1.807, 2.05) is 85.3 Å². The number of imidazole rings is 1. The molecule has 0 unspecified atom stereocenters. The van der Waals surface area contributed by atoms with Gasteiger partial charge in [-0.3, -0.25) is 4.79 Å². The molecule has 4 aromatic rings. The number of alkyl halides is 3. The number of hydrogen-bond donors (Lipinski definition) is 1. The van der Waals surface area contributed by atoms with Gasteiger partial charge in [0.15, 0.2) is 0 Å². The molecule has 0 atom stereocenters. The molecule has 3 aromatic carbocycles. The largest absolute Gasteiger partial charge is 0.405 e. The highest BCUT2D eigenvalue weighted by Gasteiger charge is 2.49. The van der Waals surface area contributed by atoms with Gasteiger partial charge in [0.05, 0.1) is 11.0 Å². The normalized spacial score (nSPS) is 14.1. The van der Waals surface area contributed by atoms with Gasteiger partial charge in [-0.15, -0.1) is 0 Å². The highest BCUT2D eigenvalue weighted by atomic mass is 19.4. The zero-order valence-corrected chi connectivity index (χ0v) is 19.6. The van der Waals surface area contributed by atoms with Crippen molar-refractivity contribution in [3.05, 3.63) is 89.2 Å². The van der Waals surface area contributed by atoms with Gasteiger partial charge in [-0.05, 0) is 59.7 Å². The third-order valence-corrected chi connectivity index (χ3v) is 6.98. The average molecular weight is 478 g/mol. The Balaban J connectivity index is 1.51. The molecule has 1 aliphatic carbocycles. The van der Waals surface area contributed by atoms with Gasteiger partial charge in [0.1, 0.15) is 17.8 Å². The number of carbonyl (C=O) groups excluding carboxylic acids is 1. The standard InChI is InChI=1S/C28H26F3N3O/c1-18-13-14-24-23(16-18)33-25(34(24)2)12-7-15-27(26(35)32-17-28(29,30)31)21-10-5-3-8-19(21)20-9-4-6-11-22(20)27/h3-6,8-11,13-14,16H,7,12,15,17H2,1-2H3,(H,32,35). The van der Waals surface area contributed by atoms with Gasteiger partial charge < -0.3 is 9.88 Å². The molecule has 1 aromatic heterocycles. The molecule has 5 rings (SSSR count). The number of aryl methyl sites for hydroxylation is 3. The summed E-state index contributed by atoms with van der Waals surface area (Å²) in [7, 11) is 1.96. The molecule has 1 heterocycles. The molecule has 7 heteroatoms. The number of hydrogen-bond acceptors (Lipinski definition) is 2. The van der Waals surface area contributed by atoms with Crippen LogP contribution < -0.4 is 5.32 Å². The Morgan fingerprint density at radius 1 is 1.00 bits per heavy atom. The second-order valence-electron chi connectivity index (χ2n) is 9.23. The van der Waals surface area contributed by atoms with Crippen molar-refractivity contribution in [2.45, 2.75) is 37.8 Å². The Labute approximate surface area is 201 Å². The molecule has 0 radical (unpaired) electrons. The molecule has 4 nitrogen and oxygen atoms in total. The van der Waals surface area contributed by atoms with Crippen LogP contribution in [-0.4, -0.2) is 28.2 Å². The van der Waals surface area contributed by atoms with Crippen molar-refractivity contribution in [3.8, 4) is 11.1 Å². The summed E-state index contributed by atoms with van der Waals surface area (Å²) in [6.45, 7) is 0.661. The molecule has 0 spiro atoms. The number of amides is 1. The lowest BCUT2D eigenvalue weighted by molar-refractivity contribution is -0.141. The smallest absolute Gasteiger partial charge is 0.346 e. The fourth-order valence-electron chi connectivity index (χ4n) is 5.38. The Morgan fingerprint density at radius 2 is 1.63 bits per heavy atom. The second-order valence-corrected chi connectivity index (χ2v) is 9.23. The first-order chi connectivity index (χ1) is 16.7. The van der Waals surface area contributed by atoms with E-state index in [0.717, 1.165) is 44.7 Å². The maximum Gasteiger partial charge on any atom is 0.405 e. The maximum atomic E-state index is 13.6. The van der Waals surface area contributed by atoms with Crippen molar-refractivity contribution in [2.24, 2.45) is 7.05 Å². The first-order valence-electron chi connectivity index (χ1n) is 11.7. The Hall–Kier alpha value is -3.61. The summed E-state index contributed by atoms with van der Waals surface area (Å²) in [5.41, 5.74) is 5.16. The predicted octanol–water partition coefficient (Wildman–Crippen LogP) is 5.85. The van der Waals surface area contributed by atoms with E-state index < -0.39 is 24.0 Å². The van der Waals surface area contributed by atoms with Crippen LogP contribution >= 0.6 is 0 Å². The van der Waals surface area contributed by atoms with E-state index in [0.29, 0.717) is 19.3 Å². The SMILES string of the molecule is Cc1ccc2c(c1)nc(CCCC1(C(=O)NCC(F)(F)F)c3ccccc3-c3ccccc31)n2C. The van der Waals surface area contributed by atoms with Gasteiger partial charge in [0, 0.05) is 13.5 Å². The van der Waals surface area contributed by atoms with E-state index in [2.05, 4.69) is 5.32 Å². The molecule has 1 aliphatic rings. The summed E-state index contributed by atoms with van der Waals surface area (Å²) in [5, 5.41) is 2.19. The quantitative estimate of drug-likeness (QED) is 0.379. The first kappa shape index (κ1) is 23.1. The molecule has 0 saturated carbocycles. The molecule has 35 heavy (non-hydrogen) atoms. The van der Waals surface area contributed by atoms with Crippen molar-refractivity contribution in [1.82, 2.24) is 14.9 Å². The highest BCUT2D eigenvalue weighted by molar-refractivity contribution is 6.00. The number of rotatable bonds is 6. The van der Waals surface area contributed by atoms with Crippen LogP contribution in [0, 0.1) is 6.92 Å². The summed E-state index contributed by atoms with van der Waals surface area (Å²) in [4.78, 5) is 18.4. The molecule has 1 amide bonds. The molecule has 1 N–H and O–H groups in total. The minimum Gasteiger partial charge on any atom is -0.346 e. The summed E-state index contributed by atoms with van der Waals surface area (Å²) in [6, 6.07) is 21.2. The van der Waals surface area contributed by atoms with Gasteiger partial charge >= 0.3 is 6.18 Å². The molecular weight excluding hydrogens is 451 g/mol. The zero-order valence-electron chi connectivity index (χ0n) is 19.6. The van der Waals surface area contributed by atoms with Crippen LogP contribution in [0.15, 0.2) is 66.7 Å². The Bertz CT molecular complexity index is 1380. The first-order valence-corrected chi connectivity index (χ1v) is 11.7. The van der Waals surface area contributed by atoms with E-state index in [4.69, 9.17) is 4.98 Å². The van der Waals surface area contributed by atoms with E-state index in [-0.39, 0.29) is 0 Å². The predicted molar refractivity (Wildman–Crippen MR) is 130 cm³/mol. The zero-order chi connectivity index (χ0) is 24.8. The number of aromatic nitrogens is 2. The Kier molecular flexibility index (Phi) is 5.66. The van der Waals surface area contributed by atoms with Crippen molar-refractivity contribution in [3.63, 3.8) is 0 Å². The van der Waals surface area contributed by atoms with Gasteiger partial charge in [0.25, 0.3) is 0 Å². The minimum atomic E-state index is -4.49. The number of halogens is 3. The van der Waals surface area contributed by atoms with Crippen LogP contribution in [0.4, 0.5) is 13.2 Å². The fourth-order valence-corrected chi connectivity index (χ4v) is 5.38. The van der Waals surface area contributed by atoms with Crippen molar-refractivity contribution in [2.75, 3.05) is 6.54 Å². The molecule has 0 fully saturated rings. The summed E-state index contributed by atoms with van der Waals surface area (Å²) in [6.07, 6.45) is -2.94. The number of carbonyl (C=O) groups is 1. The number of fused-ring (bicyclic) bond motifs is 4. The third-order valence-electron chi connectivity index (χ3n) is 6.98. The number of benzene rings is 3. The monoisotopic (exact) mass is 477 g/mol. The third kappa shape index (κ3) is 3.99. The van der Waals surface area contributed by atoms with E-state index >= 15 is 0 Å². The number of nitrogens with one attached hydrogen (secondary N) is 1. The van der Waals surface area contributed by atoms with Crippen molar-refractivity contribution < 1.29 is 18.0 Å². The van der Waals surface area contributed by atoms with Crippen molar-refractivity contribution in [1.29, 1.82) is 0 Å².